The van der Waals surface area contributed by atoms with Crippen LogP contribution in [0.1, 0.15) is 18.5 Å². The van der Waals surface area contributed by atoms with E-state index < -0.39 is 23.9 Å². The number of nitrogens with zero attached hydrogens (tertiary/aromatic N) is 1. The highest BCUT2D eigenvalue weighted by Crippen LogP contribution is 2.35. The topological polar surface area (TPSA) is 86.3 Å². The third kappa shape index (κ3) is 4.77. The van der Waals surface area contributed by atoms with E-state index in [-0.39, 0.29) is 30.2 Å². The maximum absolute atomic E-state index is 14.0. The lowest BCUT2D eigenvalue weighted by atomic mass is 9.94. The molecule has 0 unspecified atom stereocenters. The number of carbonyl (C=O) groups excluding carboxylic acids is 2. The summed E-state index contributed by atoms with van der Waals surface area (Å²) in [5.74, 6) is -0.206. The Morgan fingerprint density at radius 2 is 1.78 bits per heavy atom. The van der Waals surface area contributed by atoms with Gasteiger partial charge in [-0.3, -0.25) is 4.90 Å². The van der Waals surface area contributed by atoms with E-state index in [0.717, 1.165) is 0 Å². The van der Waals surface area contributed by atoms with Crippen LogP contribution in [0.15, 0.2) is 53.7 Å². The number of carbonyl (C=O) groups is 2. The predicted molar refractivity (Wildman–Crippen MR) is 114 cm³/mol. The van der Waals surface area contributed by atoms with Crippen LogP contribution < -0.4 is 19.5 Å². The molecule has 1 heterocycles. The Bertz CT molecular complexity index is 1020. The number of halogens is 1. The zero-order valence-corrected chi connectivity index (χ0v) is 18.3. The Kier molecular flexibility index (Phi) is 7.19. The molecule has 0 fully saturated rings. The molecular weight excluding hydrogens is 419 g/mol. The number of urea groups is 1. The Morgan fingerprint density at radius 1 is 1.12 bits per heavy atom. The highest BCUT2D eigenvalue weighted by molar-refractivity contribution is 5.95. The van der Waals surface area contributed by atoms with Gasteiger partial charge in [0.2, 0.25) is 0 Å². The summed E-state index contributed by atoms with van der Waals surface area (Å²) in [6.45, 7) is 1.59. The minimum absolute atomic E-state index is 0.00203. The summed E-state index contributed by atoms with van der Waals surface area (Å²) in [5, 5.41) is 2.80. The first-order chi connectivity index (χ1) is 15.4. The van der Waals surface area contributed by atoms with Crippen LogP contribution in [0.4, 0.5) is 9.18 Å². The molecule has 1 aliphatic rings. The van der Waals surface area contributed by atoms with Gasteiger partial charge in [-0.15, -0.1) is 0 Å². The van der Waals surface area contributed by atoms with E-state index in [0.29, 0.717) is 17.1 Å². The summed E-state index contributed by atoms with van der Waals surface area (Å²) < 4.78 is 35.6. The van der Waals surface area contributed by atoms with Crippen molar-refractivity contribution < 1.29 is 32.9 Å². The van der Waals surface area contributed by atoms with Crippen molar-refractivity contribution in [3.63, 3.8) is 0 Å². The first-order valence-corrected chi connectivity index (χ1v) is 9.94. The van der Waals surface area contributed by atoms with Crippen molar-refractivity contribution >= 4 is 12.0 Å². The number of para-hydroxylation sites is 1. The minimum atomic E-state index is -0.860. The molecule has 3 rings (SSSR count). The molecule has 32 heavy (non-hydrogen) atoms. The van der Waals surface area contributed by atoms with Crippen molar-refractivity contribution in [1.82, 2.24) is 10.2 Å². The van der Waals surface area contributed by atoms with Gasteiger partial charge in [-0.1, -0.05) is 12.1 Å². The Hall–Kier alpha value is -3.75. The summed E-state index contributed by atoms with van der Waals surface area (Å²) in [6.07, 6.45) is 0. The fourth-order valence-corrected chi connectivity index (χ4v) is 3.34. The Balaban J connectivity index is 2.10. The molecule has 2 aromatic carbocycles. The van der Waals surface area contributed by atoms with E-state index in [9.17, 15) is 14.0 Å². The molecule has 0 aliphatic carbocycles. The van der Waals surface area contributed by atoms with Crippen molar-refractivity contribution in [2.24, 2.45) is 0 Å². The summed E-state index contributed by atoms with van der Waals surface area (Å²) in [5.41, 5.74) is 0.969. The van der Waals surface area contributed by atoms with Gasteiger partial charge < -0.3 is 24.3 Å². The van der Waals surface area contributed by atoms with Gasteiger partial charge in [0.15, 0.2) is 11.6 Å². The number of amides is 2. The summed E-state index contributed by atoms with van der Waals surface area (Å²) in [4.78, 5) is 27.0. The third-order valence-corrected chi connectivity index (χ3v) is 4.98. The number of methoxy groups -OCH3 is 2. The van der Waals surface area contributed by atoms with Crippen molar-refractivity contribution in [3.8, 4) is 17.2 Å². The standard InChI is InChI=1S/C23H25FN2O6/c1-5-31-22(27)20-18(13-32-19-9-7-6-8-17(19)24)26(2)23(28)25-21(20)14-10-15(29-3)12-16(11-14)30-4/h6-12,21H,5,13H2,1-4H3,(H,25,28)/t21-/m0/s1. The molecule has 0 aromatic heterocycles. The monoisotopic (exact) mass is 444 g/mol. The van der Waals surface area contributed by atoms with E-state index in [1.54, 1.807) is 31.2 Å². The Labute approximate surface area is 185 Å². The maximum Gasteiger partial charge on any atom is 0.338 e. The number of ether oxygens (including phenoxy) is 4. The lowest BCUT2D eigenvalue weighted by Gasteiger charge is -2.34. The number of hydrogen-bond donors (Lipinski definition) is 1. The van der Waals surface area contributed by atoms with E-state index in [4.69, 9.17) is 18.9 Å². The predicted octanol–water partition coefficient (Wildman–Crippen LogP) is 3.44. The van der Waals surface area contributed by atoms with Crippen molar-refractivity contribution in [2.75, 3.05) is 34.5 Å². The zero-order valence-electron chi connectivity index (χ0n) is 18.3. The number of hydrogen-bond acceptors (Lipinski definition) is 6. The van der Waals surface area contributed by atoms with Gasteiger partial charge in [0.25, 0.3) is 0 Å². The normalized spacial score (nSPS) is 15.8. The van der Waals surface area contributed by atoms with Gasteiger partial charge in [-0.2, -0.15) is 0 Å². The second-order valence-electron chi connectivity index (χ2n) is 6.89. The molecule has 0 saturated carbocycles. The number of likely N-dealkylation sites (N-methyl/N-ethyl adjacent to an activating group) is 1. The smallest absolute Gasteiger partial charge is 0.338 e. The molecule has 0 saturated heterocycles. The average molecular weight is 444 g/mol. The molecule has 2 aromatic rings. The van der Waals surface area contributed by atoms with Crippen LogP contribution in [0.2, 0.25) is 0 Å². The molecule has 0 bridgehead atoms. The molecule has 170 valence electrons. The fourth-order valence-electron chi connectivity index (χ4n) is 3.34. The molecule has 0 spiro atoms. The van der Waals surface area contributed by atoms with Crippen LogP contribution in [0.3, 0.4) is 0 Å². The summed E-state index contributed by atoms with van der Waals surface area (Å²) in [6, 6.07) is 9.63. The highest BCUT2D eigenvalue weighted by Gasteiger charge is 2.37. The van der Waals surface area contributed by atoms with Crippen LogP contribution in [-0.2, 0) is 9.53 Å². The van der Waals surface area contributed by atoms with E-state index >= 15 is 0 Å². The molecule has 1 atom stereocenters. The molecule has 2 amide bonds. The molecular formula is C23H25FN2O6. The molecule has 1 N–H and O–H groups in total. The van der Waals surface area contributed by atoms with Crippen molar-refractivity contribution in [1.29, 1.82) is 0 Å². The van der Waals surface area contributed by atoms with Crippen LogP contribution in [0, 0.1) is 5.82 Å². The van der Waals surface area contributed by atoms with E-state index in [1.807, 2.05) is 0 Å². The molecule has 1 aliphatic heterocycles. The quantitative estimate of drug-likeness (QED) is 0.628. The molecule has 0 radical (unpaired) electrons. The number of nitrogens with one attached hydrogen (secondary N) is 1. The van der Waals surface area contributed by atoms with Gasteiger partial charge in [0.1, 0.15) is 18.1 Å². The van der Waals surface area contributed by atoms with E-state index in [1.165, 1.54) is 44.4 Å². The van der Waals surface area contributed by atoms with Gasteiger partial charge in [-0.25, -0.2) is 14.0 Å². The van der Waals surface area contributed by atoms with Gasteiger partial charge in [0, 0.05) is 13.1 Å². The molecule has 9 heteroatoms. The summed E-state index contributed by atoms with van der Waals surface area (Å²) >= 11 is 0. The largest absolute Gasteiger partial charge is 0.497 e. The van der Waals surface area contributed by atoms with Crippen LogP contribution in [0.25, 0.3) is 0 Å². The second kappa shape index (κ2) is 10.0. The lowest BCUT2D eigenvalue weighted by Crippen LogP contribution is -2.48. The first-order valence-electron chi connectivity index (χ1n) is 9.94. The van der Waals surface area contributed by atoms with Crippen molar-refractivity contribution in [2.45, 2.75) is 13.0 Å². The van der Waals surface area contributed by atoms with Gasteiger partial charge >= 0.3 is 12.0 Å². The SMILES string of the molecule is CCOC(=O)C1=C(COc2ccccc2F)N(C)C(=O)N[C@H]1c1cc(OC)cc(OC)c1. The second-order valence-corrected chi connectivity index (χ2v) is 6.89. The Morgan fingerprint density at radius 3 is 2.38 bits per heavy atom. The summed E-state index contributed by atoms with van der Waals surface area (Å²) in [7, 11) is 4.50. The van der Waals surface area contributed by atoms with Crippen LogP contribution >= 0.6 is 0 Å². The number of esters is 1. The average Bonchev–Trinajstić information content (AvgIpc) is 2.80. The molecule has 8 nitrogen and oxygen atoms in total. The van der Waals surface area contributed by atoms with Crippen LogP contribution in [-0.4, -0.2) is 51.4 Å². The minimum Gasteiger partial charge on any atom is -0.497 e. The van der Waals surface area contributed by atoms with E-state index in [2.05, 4.69) is 5.32 Å². The maximum atomic E-state index is 14.0. The van der Waals surface area contributed by atoms with Gasteiger partial charge in [-0.05, 0) is 36.8 Å². The number of benzene rings is 2. The van der Waals surface area contributed by atoms with Crippen molar-refractivity contribution in [3.05, 3.63) is 65.1 Å². The fraction of sp³-hybridized carbons (Fsp3) is 0.304. The number of rotatable bonds is 8. The van der Waals surface area contributed by atoms with Gasteiger partial charge in [0.05, 0.1) is 38.1 Å². The third-order valence-electron chi connectivity index (χ3n) is 4.98. The highest BCUT2D eigenvalue weighted by atomic mass is 19.1. The first kappa shape index (κ1) is 22.9. The van der Waals surface area contributed by atoms with Crippen LogP contribution in [0.5, 0.6) is 17.2 Å². The lowest BCUT2D eigenvalue weighted by molar-refractivity contribution is -0.139. The zero-order chi connectivity index (χ0) is 23.3.